The van der Waals surface area contributed by atoms with Crippen molar-refractivity contribution in [2.75, 3.05) is 47.5 Å². The Balaban J connectivity index is 4.01. The molecule has 0 rings (SSSR count). The van der Waals surface area contributed by atoms with Gasteiger partial charge in [-0.1, -0.05) is 279 Å². The van der Waals surface area contributed by atoms with Gasteiger partial charge in [0.2, 0.25) is 0 Å². The van der Waals surface area contributed by atoms with Crippen LogP contribution in [0.25, 0.3) is 0 Å². The van der Waals surface area contributed by atoms with Crippen LogP contribution in [-0.4, -0.2) is 82.3 Å². The van der Waals surface area contributed by atoms with Crippen molar-refractivity contribution < 1.29 is 42.9 Å². The molecule has 0 N–H and O–H groups in total. The Kier molecular flexibility index (Phi) is 56.4. The standard InChI is InChI=1S/C68H121NO8/c1-6-8-10-12-14-16-18-20-22-23-24-25-26-27-28-29-30-31-32-33-34-35-36-37-38-39-40-41-42-43-45-46-48-50-52-54-56-58-65(70)75-62-64(63-76-68(67(72)73)74-61-60-69(3,4)5)77-66(71)59-57-55-53-51-49-47-44-21-19-17-15-13-11-9-7-2/h9,11,15,17,21,23-24,44,49,51,55,57,64,68H,6-8,10,12-14,16,18-20,22,25-43,45-48,50,52-54,56,58-63H2,1-5H3/b11-9-,17-15-,24-23-,44-21-,51-49-,57-55-. The van der Waals surface area contributed by atoms with E-state index in [1.54, 1.807) is 6.08 Å². The third-order valence-electron chi connectivity index (χ3n) is 14.0. The molecule has 9 nitrogen and oxygen atoms in total. The van der Waals surface area contributed by atoms with E-state index in [2.05, 4.69) is 68.5 Å². The molecule has 0 saturated heterocycles. The van der Waals surface area contributed by atoms with Crippen molar-refractivity contribution in [3.05, 3.63) is 72.9 Å². The summed E-state index contributed by atoms with van der Waals surface area (Å²) in [5.74, 6) is -2.44. The first-order valence-corrected chi connectivity index (χ1v) is 32.1. The van der Waals surface area contributed by atoms with E-state index in [-0.39, 0.29) is 38.6 Å². The van der Waals surface area contributed by atoms with Gasteiger partial charge in [-0.05, 0) is 64.2 Å². The van der Waals surface area contributed by atoms with E-state index < -0.39 is 24.3 Å². The maximum absolute atomic E-state index is 12.8. The summed E-state index contributed by atoms with van der Waals surface area (Å²) in [4.78, 5) is 37.2. The van der Waals surface area contributed by atoms with E-state index >= 15 is 0 Å². The summed E-state index contributed by atoms with van der Waals surface area (Å²) in [6, 6.07) is 0. The van der Waals surface area contributed by atoms with Gasteiger partial charge in [-0.15, -0.1) is 0 Å². The number of rotatable bonds is 59. The van der Waals surface area contributed by atoms with Crippen LogP contribution in [0.15, 0.2) is 72.9 Å². The molecule has 0 amide bonds. The Morgan fingerprint density at radius 2 is 0.779 bits per heavy atom. The lowest BCUT2D eigenvalue weighted by Crippen LogP contribution is -2.44. The first-order chi connectivity index (χ1) is 37.6. The number of carbonyl (C=O) groups excluding carboxylic acids is 3. The molecule has 77 heavy (non-hydrogen) atoms. The second kappa shape index (κ2) is 58.9. The lowest BCUT2D eigenvalue weighted by atomic mass is 10.0. The molecular weight excluding hydrogens is 959 g/mol. The molecule has 0 aliphatic heterocycles. The number of hydrogen-bond acceptors (Lipinski definition) is 8. The molecule has 9 heteroatoms. The van der Waals surface area contributed by atoms with Crippen molar-refractivity contribution in [2.45, 2.75) is 296 Å². The third-order valence-corrected chi connectivity index (χ3v) is 14.0. The van der Waals surface area contributed by atoms with Gasteiger partial charge >= 0.3 is 11.9 Å². The molecule has 0 aliphatic carbocycles. The van der Waals surface area contributed by atoms with E-state index in [1.165, 1.54) is 205 Å². The van der Waals surface area contributed by atoms with Crippen LogP contribution in [-0.2, 0) is 33.3 Å². The normalized spacial score (nSPS) is 13.2. The van der Waals surface area contributed by atoms with E-state index in [0.29, 0.717) is 17.4 Å². The summed E-state index contributed by atoms with van der Waals surface area (Å²) in [5, 5.41) is 11.8. The summed E-state index contributed by atoms with van der Waals surface area (Å²) < 4.78 is 22.5. The zero-order valence-electron chi connectivity index (χ0n) is 50.8. The van der Waals surface area contributed by atoms with Crippen molar-refractivity contribution in [3.8, 4) is 0 Å². The summed E-state index contributed by atoms with van der Waals surface area (Å²) >= 11 is 0. The molecule has 0 heterocycles. The molecule has 2 atom stereocenters. The van der Waals surface area contributed by atoms with Crippen LogP contribution < -0.4 is 5.11 Å². The monoisotopic (exact) mass is 1080 g/mol. The fourth-order valence-electron chi connectivity index (χ4n) is 9.08. The maximum Gasteiger partial charge on any atom is 0.310 e. The van der Waals surface area contributed by atoms with Gasteiger partial charge < -0.3 is 33.3 Å². The van der Waals surface area contributed by atoms with Crippen molar-refractivity contribution >= 4 is 17.9 Å². The number of hydrogen-bond donors (Lipinski definition) is 0. The van der Waals surface area contributed by atoms with Gasteiger partial charge in [0.15, 0.2) is 12.4 Å². The molecule has 0 aromatic heterocycles. The highest BCUT2D eigenvalue weighted by Gasteiger charge is 2.21. The van der Waals surface area contributed by atoms with E-state index in [4.69, 9.17) is 18.9 Å². The number of likely N-dealkylation sites (N-methyl/N-ethyl adjacent to an activating group) is 1. The minimum atomic E-state index is -1.65. The molecule has 446 valence electrons. The van der Waals surface area contributed by atoms with E-state index in [0.717, 1.165) is 44.9 Å². The lowest BCUT2D eigenvalue weighted by Gasteiger charge is -2.26. The number of carboxylic acid groups (broad SMARTS) is 1. The summed E-state index contributed by atoms with van der Waals surface area (Å²) in [7, 11) is 5.89. The Labute approximate surface area is 475 Å². The maximum atomic E-state index is 12.8. The van der Waals surface area contributed by atoms with Crippen LogP contribution in [0.4, 0.5) is 0 Å². The number of quaternary nitrogens is 1. The fourth-order valence-corrected chi connectivity index (χ4v) is 9.08. The number of carbonyl (C=O) groups is 3. The molecular formula is C68H121NO8. The second-order valence-corrected chi connectivity index (χ2v) is 22.7. The van der Waals surface area contributed by atoms with Crippen molar-refractivity contribution in [3.63, 3.8) is 0 Å². The van der Waals surface area contributed by atoms with Crippen molar-refractivity contribution in [1.82, 2.24) is 0 Å². The topological polar surface area (TPSA) is 111 Å². The Bertz CT molecular complexity index is 1490. The highest BCUT2D eigenvalue weighted by Crippen LogP contribution is 2.17. The number of nitrogens with zero attached hydrogens (tertiary/aromatic N) is 1. The average Bonchev–Trinajstić information content (AvgIpc) is 3.40. The van der Waals surface area contributed by atoms with Gasteiger partial charge in [-0.3, -0.25) is 9.59 Å². The highest BCUT2D eigenvalue weighted by molar-refractivity contribution is 5.71. The Hall–Kier alpha value is -3.27. The zero-order valence-corrected chi connectivity index (χ0v) is 50.8. The quantitative estimate of drug-likeness (QED) is 0.0195. The van der Waals surface area contributed by atoms with Crippen LogP contribution >= 0.6 is 0 Å². The van der Waals surface area contributed by atoms with E-state index in [9.17, 15) is 19.5 Å². The average molecular weight is 1080 g/mol. The minimum Gasteiger partial charge on any atom is -0.545 e. The molecule has 0 fully saturated rings. The summed E-state index contributed by atoms with van der Waals surface area (Å²) in [6.45, 7) is 4.54. The summed E-state index contributed by atoms with van der Waals surface area (Å²) in [6.07, 6.45) is 74.7. The van der Waals surface area contributed by atoms with Gasteiger partial charge in [0.05, 0.1) is 46.7 Å². The molecule has 2 unspecified atom stereocenters. The van der Waals surface area contributed by atoms with Crippen molar-refractivity contribution in [1.29, 1.82) is 0 Å². The molecule has 0 bridgehead atoms. The zero-order chi connectivity index (χ0) is 56.2. The van der Waals surface area contributed by atoms with Crippen LogP contribution in [0, 0.1) is 0 Å². The number of carboxylic acids is 1. The number of unbranched alkanes of at least 4 members (excludes halogenated alkanes) is 33. The fraction of sp³-hybridized carbons (Fsp3) is 0.779. The lowest BCUT2D eigenvalue weighted by molar-refractivity contribution is -0.870. The highest BCUT2D eigenvalue weighted by atomic mass is 16.7. The number of esters is 2. The van der Waals surface area contributed by atoms with Crippen LogP contribution in [0.1, 0.15) is 284 Å². The predicted molar refractivity (Wildman–Crippen MR) is 325 cm³/mol. The van der Waals surface area contributed by atoms with Gasteiger partial charge in [-0.25, -0.2) is 0 Å². The van der Waals surface area contributed by atoms with Crippen LogP contribution in [0.5, 0.6) is 0 Å². The molecule has 0 aliphatic rings. The second-order valence-electron chi connectivity index (χ2n) is 22.7. The van der Waals surface area contributed by atoms with Crippen LogP contribution in [0.2, 0.25) is 0 Å². The Morgan fingerprint density at radius 3 is 1.16 bits per heavy atom. The first-order valence-electron chi connectivity index (χ1n) is 32.1. The molecule has 0 saturated carbocycles. The predicted octanol–water partition coefficient (Wildman–Crippen LogP) is 18.0. The third kappa shape index (κ3) is 60.2. The SMILES string of the molecule is CC/C=C\C/C=C\C/C=C\C/C=C\C/C=C\CC(=O)OC(COC(=O)CCCCCCCCCCCCCCCCCCCCCCCCCCC/C=C\CCCCCCCCCC)COC(OCC[N+](C)(C)C)C(=O)[O-]. The first kappa shape index (κ1) is 73.7. The van der Waals surface area contributed by atoms with Gasteiger partial charge in [0, 0.05) is 6.42 Å². The minimum absolute atomic E-state index is 0.0147. The van der Waals surface area contributed by atoms with Crippen molar-refractivity contribution in [2.24, 2.45) is 0 Å². The number of aliphatic carboxylic acids is 1. The van der Waals surface area contributed by atoms with Gasteiger partial charge in [0.25, 0.3) is 0 Å². The van der Waals surface area contributed by atoms with Crippen LogP contribution in [0.3, 0.4) is 0 Å². The smallest absolute Gasteiger partial charge is 0.310 e. The van der Waals surface area contributed by atoms with Gasteiger partial charge in [-0.2, -0.15) is 0 Å². The number of allylic oxidation sites excluding steroid dienone is 11. The Morgan fingerprint density at radius 1 is 0.416 bits per heavy atom. The molecule has 0 radical (unpaired) electrons. The largest absolute Gasteiger partial charge is 0.545 e. The molecule has 0 spiro atoms. The molecule has 0 aromatic rings. The van der Waals surface area contributed by atoms with E-state index in [1.807, 2.05) is 33.3 Å². The molecule has 0 aromatic carbocycles. The number of ether oxygens (including phenoxy) is 4. The summed E-state index contributed by atoms with van der Waals surface area (Å²) in [5.41, 5.74) is 0. The van der Waals surface area contributed by atoms with Gasteiger partial charge in [0.1, 0.15) is 13.2 Å².